The van der Waals surface area contributed by atoms with E-state index in [-0.39, 0.29) is 11.9 Å². The van der Waals surface area contributed by atoms with Gasteiger partial charge in [0.1, 0.15) is 5.82 Å². The number of nitrogens with zero attached hydrogens (tertiary/aromatic N) is 3. The molecule has 31 heavy (non-hydrogen) atoms. The Morgan fingerprint density at radius 2 is 1.90 bits per heavy atom. The molecule has 1 aliphatic rings. The van der Waals surface area contributed by atoms with Gasteiger partial charge >= 0.3 is 0 Å². The Morgan fingerprint density at radius 3 is 2.65 bits per heavy atom. The summed E-state index contributed by atoms with van der Waals surface area (Å²) in [5, 5.41) is 4.15. The molecule has 8 heteroatoms. The largest absolute Gasteiger partial charge is 0.493 e. The number of ether oxygens (including phenoxy) is 3. The van der Waals surface area contributed by atoms with Crippen molar-refractivity contribution in [3.8, 4) is 28.6 Å². The van der Waals surface area contributed by atoms with Crippen LogP contribution in [-0.2, 0) is 6.54 Å². The fourth-order valence-electron chi connectivity index (χ4n) is 4.15. The Labute approximate surface area is 180 Å². The van der Waals surface area contributed by atoms with Crippen LogP contribution in [0, 0.1) is 5.82 Å². The lowest BCUT2D eigenvalue weighted by molar-refractivity contribution is 0.123. The smallest absolute Gasteiger partial charge is 0.241 e. The quantitative estimate of drug-likeness (QED) is 0.544. The van der Waals surface area contributed by atoms with Gasteiger partial charge in [-0.3, -0.25) is 4.90 Å². The summed E-state index contributed by atoms with van der Waals surface area (Å²) < 4.78 is 35.6. The zero-order valence-electron chi connectivity index (χ0n) is 17.9. The van der Waals surface area contributed by atoms with Gasteiger partial charge in [-0.2, -0.15) is 4.98 Å². The second-order valence-electron chi connectivity index (χ2n) is 7.43. The van der Waals surface area contributed by atoms with E-state index in [1.165, 1.54) is 6.07 Å². The van der Waals surface area contributed by atoms with Gasteiger partial charge in [0.15, 0.2) is 11.5 Å². The summed E-state index contributed by atoms with van der Waals surface area (Å²) in [6.45, 7) is 1.38. The third-order valence-electron chi connectivity index (χ3n) is 5.60. The molecule has 0 saturated carbocycles. The Balaban J connectivity index is 1.59. The number of aromatic nitrogens is 2. The van der Waals surface area contributed by atoms with Gasteiger partial charge in [0.05, 0.1) is 33.4 Å². The molecule has 4 rings (SSSR count). The molecule has 1 aliphatic heterocycles. The molecule has 164 valence electrons. The molecule has 0 bridgehead atoms. The summed E-state index contributed by atoms with van der Waals surface area (Å²) in [6, 6.07) is 10.5. The highest BCUT2D eigenvalue weighted by Gasteiger charge is 2.27. The van der Waals surface area contributed by atoms with E-state index in [0.29, 0.717) is 41.1 Å². The Hall–Kier alpha value is -3.13. The molecule has 3 aromatic rings. The molecule has 0 aliphatic carbocycles. The van der Waals surface area contributed by atoms with Crippen LogP contribution >= 0.6 is 0 Å². The van der Waals surface area contributed by atoms with Crippen LogP contribution in [-0.4, -0.2) is 42.9 Å². The highest BCUT2D eigenvalue weighted by molar-refractivity contribution is 5.72. The topological polar surface area (TPSA) is 69.9 Å². The number of hydrogen-bond acceptors (Lipinski definition) is 7. The zero-order valence-corrected chi connectivity index (χ0v) is 17.9. The van der Waals surface area contributed by atoms with Crippen molar-refractivity contribution in [1.82, 2.24) is 15.0 Å². The van der Waals surface area contributed by atoms with Crippen molar-refractivity contribution in [2.75, 3.05) is 27.9 Å². The van der Waals surface area contributed by atoms with Crippen molar-refractivity contribution < 1.29 is 23.1 Å². The van der Waals surface area contributed by atoms with Crippen LogP contribution in [0.2, 0.25) is 0 Å². The molecular formula is C23H26FN3O4. The molecule has 1 fully saturated rings. The fourth-order valence-corrected chi connectivity index (χ4v) is 4.15. The van der Waals surface area contributed by atoms with Crippen molar-refractivity contribution in [2.24, 2.45) is 0 Å². The van der Waals surface area contributed by atoms with E-state index in [2.05, 4.69) is 15.0 Å². The van der Waals surface area contributed by atoms with Gasteiger partial charge in [-0.25, -0.2) is 4.39 Å². The summed E-state index contributed by atoms with van der Waals surface area (Å²) in [7, 11) is 4.67. The molecule has 2 heterocycles. The van der Waals surface area contributed by atoms with E-state index in [9.17, 15) is 4.39 Å². The van der Waals surface area contributed by atoms with E-state index in [0.717, 1.165) is 31.4 Å². The second kappa shape index (κ2) is 9.34. The van der Waals surface area contributed by atoms with Crippen LogP contribution in [0.1, 0.15) is 36.8 Å². The molecular weight excluding hydrogens is 401 g/mol. The predicted octanol–water partition coefficient (Wildman–Crippen LogP) is 4.63. The Kier molecular flexibility index (Phi) is 6.36. The number of benzene rings is 2. The van der Waals surface area contributed by atoms with E-state index in [1.807, 2.05) is 12.1 Å². The van der Waals surface area contributed by atoms with Crippen LogP contribution in [0.3, 0.4) is 0 Å². The molecule has 1 aromatic heterocycles. The lowest BCUT2D eigenvalue weighted by Gasteiger charge is -2.35. The minimum atomic E-state index is -0.219. The second-order valence-corrected chi connectivity index (χ2v) is 7.43. The number of methoxy groups -OCH3 is 3. The molecule has 2 aromatic carbocycles. The lowest BCUT2D eigenvalue weighted by Crippen LogP contribution is -2.33. The maximum Gasteiger partial charge on any atom is 0.241 e. The zero-order chi connectivity index (χ0) is 21.8. The van der Waals surface area contributed by atoms with Crippen molar-refractivity contribution in [2.45, 2.75) is 31.8 Å². The summed E-state index contributed by atoms with van der Waals surface area (Å²) in [5.74, 6) is 2.19. The van der Waals surface area contributed by atoms with Crippen LogP contribution in [0.15, 0.2) is 40.9 Å². The summed E-state index contributed by atoms with van der Waals surface area (Å²) in [5.41, 5.74) is 1.62. The maximum absolute atomic E-state index is 13.8. The summed E-state index contributed by atoms with van der Waals surface area (Å²) >= 11 is 0. The van der Waals surface area contributed by atoms with E-state index in [1.54, 1.807) is 39.5 Å². The first kappa shape index (κ1) is 21.1. The highest BCUT2D eigenvalue weighted by atomic mass is 19.1. The predicted molar refractivity (Wildman–Crippen MR) is 113 cm³/mol. The van der Waals surface area contributed by atoms with Crippen molar-refractivity contribution in [3.63, 3.8) is 0 Å². The molecule has 1 atom stereocenters. The lowest BCUT2D eigenvalue weighted by atomic mass is 9.95. The van der Waals surface area contributed by atoms with Gasteiger partial charge in [-0.1, -0.05) is 23.7 Å². The fraction of sp³-hybridized carbons (Fsp3) is 0.391. The number of rotatable bonds is 7. The van der Waals surface area contributed by atoms with Gasteiger partial charge < -0.3 is 18.7 Å². The number of hydrogen-bond donors (Lipinski definition) is 0. The normalized spacial score (nSPS) is 16.8. The Bertz CT molecular complexity index is 1040. The maximum atomic E-state index is 13.8. The molecule has 0 N–H and O–H groups in total. The molecule has 0 amide bonds. The third-order valence-corrected chi connectivity index (χ3v) is 5.60. The van der Waals surface area contributed by atoms with Gasteiger partial charge in [0.2, 0.25) is 17.5 Å². The van der Waals surface area contributed by atoms with E-state index >= 15 is 0 Å². The van der Waals surface area contributed by atoms with Gasteiger partial charge in [0.25, 0.3) is 0 Å². The summed E-state index contributed by atoms with van der Waals surface area (Å²) in [4.78, 5) is 6.86. The monoisotopic (exact) mass is 427 g/mol. The van der Waals surface area contributed by atoms with E-state index < -0.39 is 0 Å². The standard InChI is InChI=1S/C23H26FN3O4/c1-28-19-11-10-17(21(29-2)22(19)30-3)23-25-20(31-26-23)14-27-12-5-4-9-18(27)15-7-6-8-16(24)13-15/h6-8,10-11,13,18H,4-5,9,12,14H2,1-3H3/t18-/m1/s1. The van der Waals surface area contributed by atoms with Crippen molar-refractivity contribution in [3.05, 3.63) is 53.7 Å². The first-order chi connectivity index (χ1) is 15.1. The molecule has 0 unspecified atom stereocenters. The third kappa shape index (κ3) is 4.34. The average Bonchev–Trinajstić information content (AvgIpc) is 3.26. The van der Waals surface area contributed by atoms with Crippen LogP contribution < -0.4 is 14.2 Å². The van der Waals surface area contributed by atoms with Gasteiger partial charge in [0, 0.05) is 6.04 Å². The van der Waals surface area contributed by atoms with E-state index in [4.69, 9.17) is 18.7 Å². The Morgan fingerprint density at radius 1 is 1.06 bits per heavy atom. The van der Waals surface area contributed by atoms with Crippen molar-refractivity contribution in [1.29, 1.82) is 0 Å². The van der Waals surface area contributed by atoms with Gasteiger partial charge in [-0.15, -0.1) is 0 Å². The van der Waals surface area contributed by atoms with Crippen LogP contribution in [0.4, 0.5) is 4.39 Å². The first-order valence-corrected chi connectivity index (χ1v) is 10.3. The average molecular weight is 427 g/mol. The van der Waals surface area contributed by atoms with Crippen molar-refractivity contribution >= 4 is 0 Å². The first-order valence-electron chi connectivity index (χ1n) is 10.3. The molecule has 0 radical (unpaired) electrons. The summed E-state index contributed by atoms with van der Waals surface area (Å²) in [6.07, 6.45) is 3.15. The molecule has 0 spiro atoms. The molecule has 1 saturated heterocycles. The minimum absolute atomic E-state index is 0.121. The number of piperidine rings is 1. The SMILES string of the molecule is COc1ccc(-c2noc(CN3CCCC[C@@H]3c3cccc(F)c3)n2)c(OC)c1OC. The van der Waals surface area contributed by atoms with Crippen LogP contribution in [0.5, 0.6) is 17.2 Å². The minimum Gasteiger partial charge on any atom is -0.493 e. The van der Waals surface area contributed by atoms with Crippen LogP contribution in [0.25, 0.3) is 11.4 Å². The highest BCUT2D eigenvalue weighted by Crippen LogP contribution is 2.43. The number of halogens is 1. The molecule has 7 nitrogen and oxygen atoms in total. The van der Waals surface area contributed by atoms with Gasteiger partial charge in [-0.05, 0) is 49.2 Å². The number of likely N-dealkylation sites (tertiary alicyclic amines) is 1.